The van der Waals surface area contributed by atoms with E-state index in [2.05, 4.69) is 47.6 Å². The van der Waals surface area contributed by atoms with E-state index in [0.717, 1.165) is 27.5 Å². The fourth-order valence-corrected chi connectivity index (χ4v) is 3.27. The largest absolute Gasteiger partial charge is 0.348 e. The van der Waals surface area contributed by atoms with E-state index in [0.29, 0.717) is 12.1 Å². The van der Waals surface area contributed by atoms with Crippen molar-refractivity contribution in [1.29, 1.82) is 0 Å². The summed E-state index contributed by atoms with van der Waals surface area (Å²) in [5, 5.41) is 4.99. The van der Waals surface area contributed by atoms with Crippen molar-refractivity contribution in [1.82, 2.24) is 10.3 Å². The van der Waals surface area contributed by atoms with Crippen LogP contribution in [0.15, 0.2) is 79.1 Å². The van der Waals surface area contributed by atoms with Crippen LogP contribution in [0.5, 0.6) is 0 Å². The number of fused-ring (bicyclic) bond motifs is 1. The van der Waals surface area contributed by atoms with Crippen LogP contribution in [0.3, 0.4) is 0 Å². The number of benzene rings is 3. The van der Waals surface area contributed by atoms with E-state index in [1.54, 1.807) is 6.20 Å². The first-order valence-corrected chi connectivity index (χ1v) is 9.08. The summed E-state index contributed by atoms with van der Waals surface area (Å²) >= 11 is 0. The summed E-state index contributed by atoms with van der Waals surface area (Å²) in [6.45, 7) is 2.44. The molecule has 4 aromatic rings. The number of carbonyl (C=O) groups excluding carboxylic acids is 1. The molecule has 0 saturated heterocycles. The Morgan fingerprint density at radius 2 is 1.68 bits per heavy atom. The summed E-state index contributed by atoms with van der Waals surface area (Å²) in [5.74, 6) is -0.597. The van der Waals surface area contributed by atoms with Gasteiger partial charge in [-0.15, -0.1) is 0 Å². The SMILES string of the molecule is Cc1ccc(-c2ccc(CNC(=O)c3ccc(F)cc3)c3cnccc23)cc1. The molecule has 0 saturated carbocycles. The van der Waals surface area contributed by atoms with Gasteiger partial charge in [-0.05, 0) is 59.3 Å². The minimum absolute atomic E-state index is 0.236. The third-order valence-electron chi connectivity index (χ3n) is 4.82. The molecule has 28 heavy (non-hydrogen) atoms. The van der Waals surface area contributed by atoms with Crippen molar-refractivity contribution in [2.45, 2.75) is 13.5 Å². The zero-order chi connectivity index (χ0) is 19.5. The number of halogens is 1. The second kappa shape index (κ2) is 7.61. The van der Waals surface area contributed by atoms with Crippen molar-refractivity contribution in [3.05, 3.63) is 102 Å². The van der Waals surface area contributed by atoms with E-state index in [-0.39, 0.29) is 11.7 Å². The van der Waals surface area contributed by atoms with Crippen LogP contribution in [0, 0.1) is 12.7 Å². The van der Waals surface area contributed by atoms with Gasteiger partial charge in [-0.1, -0.05) is 42.0 Å². The quantitative estimate of drug-likeness (QED) is 0.531. The predicted octanol–water partition coefficient (Wildman–Crippen LogP) is 5.28. The Labute approximate surface area is 162 Å². The minimum Gasteiger partial charge on any atom is -0.348 e. The summed E-state index contributed by atoms with van der Waals surface area (Å²) in [6.07, 6.45) is 3.60. The van der Waals surface area contributed by atoms with Crippen LogP contribution < -0.4 is 5.32 Å². The highest BCUT2D eigenvalue weighted by atomic mass is 19.1. The highest BCUT2D eigenvalue weighted by Crippen LogP contribution is 2.30. The number of carbonyl (C=O) groups is 1. The molecule has 138 valence electrons. The Balaban J connectivity index is 1.63. The number of hydrogen-bond donors (Lipinski definition) is 1. The van der Waals surface area contributed by atoms with Gasteiger partial charge < -0.3 is 5.32 Å². The first-order valence-electron chi connectivity index (χ1n) is 9.08. The molecule has 0 unspecified atom stereocenters. The molecule has 0 atom stereocenters. The van der Waals surface area contributed by atoms with Crippen LogP contribution in [-0.4, -0.2) is 10.9 Å². The van der Waals surface area contributed by atoms with Crippen molar-refractivity contribution in [2.24, 2.45) is 0 Å². The third kappa shape index (κ3) is 3.62. The molecule has 3 aromatic carbocycles. The highest BCUT2D eigenvalue weighted by Gasteiger charge is 2.10. The van der Waals surface area contributed by atoms with Crippen molar-refractivity contribution in [3.8, 4) is 11.1 Å². The van der Waals surface area contributed by atoms with Gasteiger partial charge in [0.05, 0.1) is 0 Å². The first kappa shape index (κ1) is 17.9. The van der Waals surface area contributed by atoms with Gasteiger partial charge >= 0.3 is 0 Å². The van der Waals surface area contributed by atoms with Crippen LogP contribution in [0.2, 0.25) is 0 Å². The maximum absolute atomic E-state index is 13.0. The molecule has 3 nitrogen and oxygen atoms in total. The number of aryl methyl sites for hydroxylation is 1. The number of pyridine rings is 1. The molecule has 4 heteroatoms. The second-order valence-corrected chi connectivity index (χ2v) is 6.75. The lowest BCUT2D eigenvalue weighted by Gasteiger charge is -2.12. The molecule has 0 aliphatic heterocycles. The summed E-state index contributed by atoms with van der Waals surface area (Å²) in [5.41, 5.74) is 4.90. The van der Waals surface area contributed by atoms with Gasteiger partial charge in [-0.3, -0.25) is 9.78 Å². The fourth-order valence-electron chi connectivity index (χ4n) is 3.27. The van der Waals surface area contributed by atoms with E-state index in [1.807, 2.05) is 18.3 Å². The normalized spacial score (nSPS) is 10.8. The second-order valence-electron chi connectivity index (χ2n) is 6.75. The van der Waals surface area contributed by atoms with Gasteiger partial charge in [-0.25, -0.2) is 4.39 Å². The lowest BCUT2D eigenvalue weighted by atomic mass is 9.95. The standard InChI is InChI=1S/C24H19FN2O/c1-16-2-4-17(5-3-16)21-11-8-19(23-15-26-13-12-22(21)23)14-27-24(28)18-6-9-20(25)10-7-18/h2-13,15H,14H2,1H3,(H,27,28). The average Bonchev–Trinajstić information content (AvgIpc) is 2.73. The zero-order valence-corrected chi connectivity index (χ0v) is 15.4. The predicted molar refractivity (Wildman–Crippen MR) is 109 cm³/mol. The van der Waals surface area contributed by atoms with Crippen molar-refractivity contribution >= 4 is 16.7 Å². The fraction of sp³-hybridized carbons (Fsp3) is 0.0833. The lowest BCUT2D eigenvalue weighted by Crippen LogP contribution is -2.22. The molecule has 1 N–H and O–H groups in total. The zero-order valence-electron chi connectivity index (χ0n) is 15.4. The number of rotatable bonds is 4. The number of hydrogen-bond acceptors (Lipinski definition) is 2. The van der Waals surface area contributed by atoms with E-state index < -0.39 is 0 Å². The first-order chi connectivity index (χ1) is 13.6. The van der Waals surface area contributed by atoms with Gasteiger partial charge in [0.25, 0.3) is 5.91 Å². The van der Waals surface area contributed by atoms with Crippen LogP contribution in [0.1, 0.15) is 21.5 Å². The van der Waals surface area contributed by atoms with Gasteiger partial charge in [0.15, 0.2) is 0 Å². The molecular formula is C24H19FN2O. The Kier molecular flexibility index (Phi) is 4.85. The Morgan fingerprint density at radius 1 is 0.929 bits per heavy atom. The van der Waals surface area contributed by atoms with E-state index in [9.17, 15) is 9.18 Å². The Hall–Kier alpha value is -3.53. The molecule has 1 amide bonds. The third-order valence-corrected chi connectivity index (χ3v) is 4.82. The molecule has 0 radical (unpaired) electrons. The smallest absolute Gasteiger partial charge is 0.251 e. The average molecular weight is 370 g/mol. The summed E-state index contributed by atoms with van der Waals surface area (Å²) < 4.78 is 13.0. The van der Waals surface area contributed by atoms with Gasteiger partial charge in [0.2, 0.25) is 0 Å². The van der Waals surface area contributed by atoms with Crippen molar-refractivity contribution < 1.29 is 9.18 Å². The molecule has 1 aromatic heterocycles. The molecule has 0 spiro atoms. The number of nitrogens with one attached hydrogen (secondary N) is 1. The number of aromatic nitrogens is 1. The van der Waals surface area contributed by atoms with Crippen molar-refractivity contribution in [2.75, 3.05) is 0 Å². The molecule has 4 rings (SSSR count). The lowest BCUT2D eigenvalue weighted by molar-refractivity contribution is 0.0951. The summed E-state index contributed by atoms with van der Waals surface area (Å²) in [4.78, 5) is 16.6. The van der Waals surface area contributed by atoms with Crippen LogP contribution in [0.4, 0.5) is 4.39 Å². The maximum Gasteiger partial charge on any atom is 0.251 e. The van der Waals surface area contributed by atoms with Gasteiger partial charge in [0, 0.05) is 29.9 Å². The van der Waals surface area contributed by atoms with E-state index in [4.69, 9.17) is 0 Å². The molecule has 0 aliphatic rings. The number of amides is 1. The summed E-state index contributed by atoms with van der Waals surface area (Å²) in [7, 11) is 0. The minimum atomic E-state index is -0.361. The van der Waals surface area contributed by atoms with Gasteiger partial charge in [0.1, 0.15) is 5.82 Å². The molecule has 0 aliphatic carbocycles. The maximum atomic E-state index is 13.0. The van der Waals surface area contributed by atoms with E-state index in [1.165, 1.54) is 29.8 Å². The molecule has 1 heterocycles. The molecule has 0 bridgehead atoms. The van der Waals surface area contributed by atoms with Crippen LogP contribution >= 0.6 is 0 Å². The summed E-state index contributed by atoms with van der Waals surface area (Å²) in [6, 6.07) is 20.0. The Bertz CT molecular complexity index is 1140. The van der Waals surface area contributed by atoms with Crippen LogP contribution in [-0.2, 0) is 6.54 Å². The topological polar surface area (TPSA) is 42.0 Å². The monoisotopic (exact) mass is 370 g/mol. The molecule has 0 fully saturated rings. The highest BCUT2D eigenvalue weighted by molar-refractivity contribution is 5.98. The van der Waals surface area contributed by atoms with E-state index >= 15 is 0 Å². The van der Waals surface area contributed by atoms with Gasteiger partial charge in [-0.2, -0.15) is 0 Å². The number of nitrogens with zero attached hydrogens (tertiary/aromatic N) is 1. The Morgan fingerprint density at radius 3 is 2.43 bits per heavy atom. The van der Waals surface area contributed by atoms with Crippen LogP contribution in [0.25, 0.3) is 21.9 Å². The van der Waals surface area contributed by atoms with Crippen molar-refractivity contribution in [3.63, 3.8) is 0 Å². The molecular weight excluding hydrogens is 351 g/mol.